The van der Waals surface area contributed by atoms with E-state index < -0.39 is 0 Å². The van der Waals surface area contributed by atoms with E-state index in [-0.39, 0.29) is 5.91 Å². The molecule has 5 nitrogen and oxygen atoms in total. The molecule has 0 spiro atoms. The van der Waals surface area contributed by atoms with E-state index in [0.29, 0.717) is 27.9 Å². The minimum absolute atomic E-state index is 0.215. The molecule has 2 heterocycles. The summed E-state index contributed by atoms with van der Waals surface area (Å²) in [5.41, 5.74) is 2.06. The summed E-state index contributed by atoms with van der Waals surface area (Å²) in [7, 11) is 1.59. The second-order valence-electron chi connectivity index (χ2n) is 5.37. The molecule has 124 valence electrons. The summed E-state index contributed by atoms with van der Waals surface area (Å²) in [5.74, 6) is 1.17. The molecule has 0 unspecified atom stereocenters. The lowest BCUT2D eigenvalue weighted by molar-refractivity contribution is 0.102. The first-order valence-corrected chi connectivity index (χ1v) is 8.51. The van der Waals surface area contributed by atoms with Crippen LogP contribution in [0.15, 0.2) is 64.4 Å². The molecule has 4 aromatic rings. The second-order valence-corrected chi connectivity index (χ2v) is 6.23. The third-order valence-corrected chi connectivity index (χ3v) is 4.51. The van der Waals surface area contributed by atoms with Crippen LogP contribution in [0.1, 0.15) is 10.4 Å². The van der Waals surface area contributed by atoms with Crippen molar-refractivity contribution in [2.75, 3.05) is 12.4 Å². The van der Waals surface area contributed by atoms with E-state index >= 15 is 0 Å². The number of hydrogen-bond acceptors (Lipinski definition) is 5. The maximum absolute atomic E-state index is 12.3. The van der Waals surface area contributed by atoms with Crippen molar-refractivity contribution in [2.24, 2.45) is 0 Å². The average molecular weight is 350 g/mol. The number of amides is 1. The van der Waals surface area contributed by atoms with Gasteiger partial charge in [0.05, 0.1) is 7.11 Å². The van der Waals surface area contributed by atoms with Crippen LogP contribution in [-0.2, 0) is 0 Å². The van der Waals surface area contributed by atoms with Gasteiger partial charge < -0.3 is 9.15 Å². The molecule has 1 amide bonds. The Kier molecular flexibility index (Phi) is 3.95. The first-order chi connectivity index (χ1) is 12.2. The summed E-state index contributed by atoms with van der Waals surface area (Å²) < 4.78 is 10.9. The minimum Gasteiger partial charge on any atom is -0.497 e. The van der Waals surface area contributed by atoms with Gasteiger partial charge in [0.25, 0.3) is 5.91 Å². The number of nitrogens with zero attached hydrogens (tertiary/aromatic N) is 1. The Labute approximate surface area is 147 Å². The van der Waals surface area contributed by atoms with Crippen molar-refractivity contribution >= 4 is 33.3 Å². The van der Waals surface area contributed by atoms with E-state index in [1.807, 2.05) is 35.7 Å². The summed E-state index contributed by atoms with van der Waals surface area (Å²) in [6.07, 6.45) is 0. The fourth-order valence-electron chi connectivity index (χ4n) is 2.46. The lowest BCUT2D eigenvalue weighted by Gasteiger charge is -2.03. The van der Waals surface area contributed by atoms with Gasteiger partial charge in [0, 0.05) is 16.3 Å². The Hall–Kier alpha value is -3.12. The van der Waals surface area contributed by atoms with Gasteiger partial charge >= 0.3 is 0 Å². The molecule has 0 atom stereocenters. The Bertz CT molecular complexity index is 1000. The highest BCUT2D eigenvalue weighted by Gasteiger charge is 2.13. The van der Waals surface area contributed by atoms with Gasteiger partial charge in [-0.3, -0.25) is 10.1 Å². The molecule has 0 bridgehead atoms. The van der Waals surface area contributed by atoms with Gasteiger partial charge in [-0.2, -0.15) is 0 Å². The predicted octanol–water partition coefficient (Wildman–Crippen LogP) is 4.82. The number of thiazole rings is 1. The molecule has 0 aliphatic carbocycles. The van der Waals surface area contributed by atoms with Gasteiger partial charge in [-0.25, -0.2) is 4.98 Å². The SMILES string of the molecule is COc1ccc(C(=O)Nc2nc(-c3cc4ccccc4o3)cs2)cc1. The maximum Gasteiger partial charge on any atom is 0.257 e. The van der Waals surface area contributed by atoms with E-state index in [1.54, 1.807) is 31.4 Å². The standard InChI is InChI=1S/C19H14N2O3S/c1-23-14-8-6-12(7-9-14)18(22)21-19-20-15(11-25-19)17-10-13-4-2-3-5-16(13)24-17/h2-11H,1H3,(H,20,21,22). The number of anilines is 1. The van der Waals surface area contributed by atoms with Crippen LogP contribution in [0.2, 0.25) is 0 Å². The molecule has 0 aliphatic rings. The summed E-state index contributed by atoms with van der Waals surface area (Å²) in [4.78, 5) is 16.7. The number of rotatable bonds is 4. The number of carbonyl (C=O) groups excluding carboxylic acids is 1. The zero-order valence-corrected chi connectivity index (χ0v) is 14.2. The largest absolute Gasteiger partial charge is 0.497 e. The number of carbonyl (C=O) groups is 1. The van der Waals surface area contributed by atoms with Gasteiger partial charge in [0.1, 0.15) is 17.0 Å². The Morgan fingerprint density at radius 2 is 1.96 bits per heavy atom. The highest BCUT2D eigenvalue weighted by Crippen LogP contribution is 2.30. The van der Waals surface area contributed by atoms with Gasteiger partial charge in [0.2, 0.25) is 0 Å². The van der Waals surface area contributed by atoms with Gasteiger partial charge in [-0.15, -0.1) is 11.3 Å². The normalized spacial score (nSPS) is 10.8. The van der Waals surface area contributed by atoms with Crippen LogP contribution in [-0.4, -0.2) is 18.0 Å². The number of methoxy groups -OCH3 is 1. The molecule has 25 heavy (non-hydrogen) atoms. The lowest BCUT2D eigenvalue weighted by atomic mass is 10.2. The van der Waals surface area contributed by atoms with Gasteiger partial charge in [-0.1, -0.05) is 18.2 Å². The molecule has 0 saturated heterocycles. The molecule has 2 aromatic carbocycles. The number of furan rings is 1. The quantitative estimate of drug-likeness (QED) is 0.573. The predicted molar refractivity (Wildman–Crippen MR) is 98.3 cm³/mol. The van der Waals surface area contributed by atoms with Crippen molar-refractivity contribution < 1.29 is 13.9 Å². The third kappa shape index (κ3) is 3.12. The minimum atomic E-state index is -0.215. The van der Waals surface area contributed by atoms with Crippen LogP contribution in [0.4, 0.5) is 5.13 Å². The zero-order chi connectivity index (χ0) is 17.2. The summed E-state index contributed by atoms with van der Waals surface area (Å²) in [5, 5.41) is 6.21. The fraction of sp³-hybridized carbons (Fsp3) is 0.0526. The van der Waals surface area contributed by atoms with E-state index in [0.717, 1.165) is 11.0 Å². The third-order valence-electron chi connectivity index (χ3n) is 3.75. The van der Waals surface area contributed by atoms with Crippen LogP contribution in [0, 0.1) is 0 Å². The highest BCUT2D eigenvalue weighted by atomic mass is 32.1. The molecular weight excluding hydrogens is 336 g/mol. The van der Waals surface area contributed by atoms with Crippen molar-refractivity contribution in [1.82, 2.24) is 4.98 Å². The molecular formula is C19H14N2O3S. The van der Waals surface area contributed by atoms with Crippen LogP contribution >= 0.6 is 11.3 Å². The molecule has 6 heteroatoms. The van der Waals surface area contributed by atoms with E-state index in [9.17, 15) is 4.79 Å². The number of aromatic nitrogens is 1. The smallest absolute Gasteiger partial charge is 0.257 e. The van der Waals surface area contributed by atoms with Crippen LogP contribution < -0.4 is 10.1 Å². The Balaban J connectivity index is 1.53. The van der Waals surface area contributed by atoms with Crippen LogP contribution in [0.25, 0.3) is 22.4 Å². The van der Waals surface area contributed by atoms with Crippen LogP contribution in [0.5, 0.6) is 5.75 Å². The van der Waals surface area contributed by atoms with Crippen molar-refractivity contribution in [3.8, 4) is 17.2 Å². The fourth-order valence-corrected chi connectivity index (χ4v) is 3.16. The highest BCUT2D eigenvalue weighted by molar-refractivity contribution is 7.14. The molecule has 0 radical (unpaired) electrons. The Morgan fingerprint density at radius 1 is 1.16 bits per heavy atom. The van der Waals surface area contributed by atoms with Gasteiger partial charge in [-0.05, 0) is 36.4 Å². The van der Waals surface area contributed by atoms with Crippen molar-refractivity contribution in [1.29, 1.82) is 0 Å². The molecule has 4 rings (SSSR count). The molecule has 2 aromatic heterocycles. The van der Waals surface area contributed by atoms with E-state index in [1.165, 1.54) is 11.3 Å². The summed E-state index contributed by atoms with van der Waals surface area (Å²) in [6.45, 7) is 0. The molecule has 0 aliphatic heterocycles. The summed E-state index contributed by atoms with van der Waals surface area (Å²) >= 11 is 1.36. The molecule has 0 fully saturated rings. The number of fused-ring (bicyclic) bond motifs is 1. The van der Waals surface area contributed by atoms with Gasteiger partial charge in [0.15, 0.2) is 10.9 Å². The first-order valence-electron chi connectivity index (χ1n) is 7.63. The number of nitrogens with one attached hydrogen (secondary N) is 1. The first kappa shape index (κ1) is 15.4. The summed E-state index contributed by atoms with van der Waals surface area (Å²) in [6, 6.07) is 16.6. The average Bonchev–Trinajstić information content (AvgIpc) is 3.28. The lowest BCUT2D eigenvalue weighted by Crippen LogP contribution is -2.11. The molecule has 0 saturated carbocycles. The monoisotopic (exact) mass is 350 g/mol. The maximum atomic E-state index is 12.3. The number of benzene rings is 2. The van der Waals surface area contributed by atoms with Crippen molar-refractivity contribution in [2.45, 2.75) is 0 Å². The number of para-hydroxylation sites is 1. The van der Waals surface area contributed by atoms with Crippen LogP contribution in [0.3, 0.4) is 0 Å². The van der Waals surface area contributed by atoms with E-state index in [2.05, 4.69) is 10.3 Å². The second kappa shape index (κ2) is 6.41. The Morgan fingerprint density at radius 3 is 2.72 bits per heavy atom. The topological polar surface area (TPSA) is 64.4 Å². The zero-order valence-electron chi connectivity index (χ0n) is 13.4. The number of hydrogen-bond donors (Lipinski definition) is 1. The van der Waals surface area contributed by atoms with Crippen molar-refractivity contribution in [3.05, 3.63) is 65.5 Å². The number of ether oxygens (including phenoxy) is 1. The van der Waals surface area contributed by atoms with E-state index in [4.69, 9.17) is 9.15 Å². The van der Waals surface area contributed by atoms with Crippen molar-refractivity contribution in [3.63, 3.8) is 0 Å². The molecule has 1 N–H and O–H groups in total.